The molecule has 0 aliphatic heterocycles. The third-order valence-corrected chi connectivity index (χ3v) is 2.13. The molecule has 0 aromatic carbocycles. The Morgan fingerprint density at radius 3 is 1.92 bits per heavy atom. The molecular weight excluding hydrogens is 152 g/mol. The molecule has 0 saturated heterocycles. The number of rotatable bonds is 7. The fourth-order valence-electron chi connectivity index (χ4n) is 1.28. The molecule has 0 amide bonds. The van der Waals surface area contributed by atoms with Crippen LogP contribution in [0.1, 0.15) is 52.4 Å². The fraction of sp³-hybridized carbons (Fsp3) is 1.00. The van der Waals surface area contributed by atoms with Crippen molar-refractivity contribution < 1.29 is 10.2 Å². The molecule has 2 heteroatoms. The van der Waals surface area contributed by atoms with Gasteiger partial charge in [0.05, 0.1) is 12.2 Å². The van der Waals surface area contributed by atoms with Gasteiger partial charge < -0.3 is 10.2 Å². The topological polar surface area (TPSA) is 40.5 Å². The highest BCUT2D eigenvalue weighted by molar-refractivity contribution is 4.66. The molecule has 0 fully saturated rings. The van der Waals surface area contributed by atoms with Gasteiger partial charge in [-0.1, -0.05) is 39.5 Å². The van der Waals surface area contributed by atoms with Crippen LogP contribution in [0.5, 0.6) is 0 Å². The number of hydrogen-bond acceptors (Lipinski definition) is 2. The molecule has 0 bridgehead atoms. The Morgan fingerprint density at radius 2 is 1.42 bits per heavy atom. The van der Waals surface area contributed by atoms with E-state index in [9.17, 15) is 10.2 Å². The highest BCUT2D eigenvalue weighted by Crippen LogP contribution is 2.10. The van der Waals surface area contributed by atoms with E-state index in [1.54, 1.807) is 0 Å². The van der Waals surface area contributed by atoms with Crippen LogP contribution >= 0.6 is 0 Å². The first-order valence-electron chi connectivity index (χ1n) is 5.08. The van der Waals surface area contributed by atoms with Gasteiger partial charge in [0.15, 0.2) is 0 Å². The van der Waals surface area contributed by atoms with Crippen LogP contribution in [-0.2, 0) is 0 Å². The van der Waals surface area contributed by atoms with E-state index < -0.39 is 12.2 Å². The number of aliphatic hydroxyl groups is 2. The summed E-state index contributed by atoms with van der Waals surface area (Å²) in [7, 11) is 0. The monoisotopic (exact) mass is 174 g/mol. The molecule has 12 heavy (non-hydrogen) atoms. The Balaban J connectivity index is 3.35. The minimum absolute atomic E-state index is 0.503. The first kappa shape index (κ1) is 11.9. The van der Waals surface area contributed by atoms with Crippen LogP contribution in [-0.4, -0.2) is 22.4 Å². The van der Waals surface area contributed by atoms with E-state index in [-0.39, 0.29) is 0 Å². The Labute approximate surface area is 75.6 Å². The van der Waals surface area contributed by atoms with Crippen molar-refractivity contribution in [2.75, 3.05) is 0 Å². The van der Waals surface area contributed by atoms with Gasteiger partial charge in [-0.2, -0.15) is 0 Å². The molecule has 2 N–H and O–H groups in total. The molecule has 0 rings (SSSR count). The van der Waals surface area contributed by atoms with Gasteiger partial charge in [0.25, 0.3) is 0 Å². The van der Waals surface area contributed by atoms with Crippen LogP contribution < -0.4 is 0 Å². The van der Waals surface area contributed by atoms with Crippen molar-refractivity contribution in [3.63, 3.8) is 0 Å². The summed E-state index contributed by atoms with van der Waals surface area (Å²) in [5, 5.41) is 18.8. The quantitative estimate of drug-likeness (QED) is 0.580. The minimum atomic E-state index is -0.508. The van der Waals surface area contributed by atoms with Gasteiger partial charge in [-0.15, -0.1) is 0 Å². The first-order chi connectivity index (χ1) is 5.72. The molecule has 2 nitrogen and oxygen atoms in total. The molecule has 0 aromatic heterocycles. The van der Waals surface area contributed by atoms with E-state index in [0.717, 1.165) is 32.1 Å². The Morgan fingerprint density at radius 1 is 0.833 bits per heavy atom. The minimum Gasteiger partial charge on any atom is -0.390 e. The third kappa shape index (κ3) is 5.56. The summed E-state index contributed by atoms with van der Waals surface area (Å²) in [6.07, 6.45) is 4.72. The van der Waals surface area contributed by atoms with Gasteiger partial charge >= 0.3 is 0 Å². The van der Waals surface area contributed by atoms with E-state index in [2.05, 4.69) is 6.92 Å². The van der Waals surface area contributed by atoms with Crippen molar-refractivity contribution in [3.05, 3.63) is 0 Å². The Bertz CT molecular complexity index is 93.8. The molecule has 2 atom stereocenters. The number of hydrogen-bond donors (Lipinski definition) is 2. The van der Waals surface area contributed by atoms with Gasteiger partial charge in [-0.3, -0.25) is 0 Å². The van der Waals surface area contributed by atoms with Gasteiger partial charge in [0.1, 0.15) is 0 Å². The maximum Gasteiger partial charge on any atom is 0.0799 e. The lowest BCUT2D eigenvalue weighted by atomic mass is 10.0. The fourth-order valence-corrected chi connectivity index (χ4v) is 1.28. The van der Waals surface area contributed by atoms with Crippen molar-refractivity contribution in [3.8, 4) is 0 Å². The molecule has 2 unspecified atom stereocenters. The number of aliphatic hydroxyl groups excluding tert-OH is 2. The van der Waals surface area contributed by atoms with Crippen LogP contribution in [0.2, 0.25) is 0 Å². The largest absolute Gasteiger partial charge is 0.390 e. The van der Waals surface area contributed by atoms with Crippen LogP contribution in [0.4, 0.5) is 0 Å². The van der Waals surface area contributed by atoms with Crippen molar-refractivity contribution >= 4 is 0 Å². The van der Waals surface area contributed by atoms with Crippen LogP contribution in [0, 0.1) is 0 Å². The van der Waals surface area contributed by atoms with Crippen LogP contribution in [0.25, 0.3) is 0 Å². The first-order valence-corrected chi connectivity index (χ1v) is 5.08. The van der Waals surface area contributed by atoms with E-state index in [4.69, 9.17) is 0 Å². The second kappa shape index (κ2) is 7.56. The highest BCUT2D eigenvalue weighted by Gasteiger charge is 2.13. The number of unbranched alkanes of at least 4 members (excludes halogenated alkanes) is 2. The lowest BCUT2D eigenvalue weighted by Gasteiger charge is -2.16. The maximum absolute atomic E-state index is 9.43. The van der Waals surface area contributed by atoms with Crippen molar-refractivity contribution in [1.82, 2.24) is 0 Å². The highest BCUT2D eigenvalue weighted by atomic mass is 16.3. The third-order valence-electron chi connectivity index (χ3n) is 2.13. The zero-order valence-electron chi connectivity index (χ0n) is 8.29. The molecule has 0 spiro atoms. The predicted molar refractivity (Wildman–Crippen MR) is 51.1 cm³/mol. The molecular formula is C10H22O2. The summed E-state index contributed by atoms with van der Waals surface area (Å²) in [5.74, 6) is 0. The molecule has 0 aliphatic rings. The summed E-state index contributed by atoms with van der Waals surface area (Å²) in [6, 6.07) is 0. The van der Waals surface area contributed by atoms with Crippen molar-refractivity contribution in [2.24, 2.45) is 0 Å². The summed E-state index contributed by atoms with van der Waals surface area (Å²) in [5.41, 5.74) is 0. The Kier molecular flexibility index (Phi) is 7.51. The molecule has 0 aliphatic carbocycles. The average molecular weight is 174 g/mol. The van der Waals surface area contributed by atoms with E-state index in [1.807, 2.05) is 6.92 Å². The van der Waals surface area contributed by atoms with Crippen molar-refractivity contribution in [1.29, 1.82) is 0 Å². The van der Waals surface area contributed by atoms with E-state index in [0.29, 0.717) is 6.42 Å². The summed E-state index contributed by atoms with van der Waals surface area (Å²) in [4.78, 5) is 0. The smallest absolute Gasteiger partial charge is 0.0799 e. The van der Waals surface area contributed by atoms with E-state index in [1.165, 1.54) is 0 Å². The molecule has 0 radical (unpaired) electrons. The maximum atomic E-state index is 9.43. The lowest BCUT2D eigenvalue weighted by molar-refractivity contribution is 0.00823. The standard InChI is InChI=1S/C10H22O2/c1-3-5-6-8-10(12)9(11)7-4-2/h9-12H,3-8H2,1-2H3. The average Bonchev–Trinajstić information content (AvgIpc) is 2.05. The molecule has 74 valence electrons. The Hall–Kier alpha value is -0.0800. The summed E-state index contributed by atoms with van der Waals surface area (Å²) in [6.45, 7) is 4.15. The van der Waals surface area contributed by atoms with Gasteiger partial charge in [0, 0.05) is 0 Å². The molecule has 0 saturated carbocycles. The molecule has 0 aromatic rings. The van der Waals surface area contributed by atoms with Gasteiger partial charge in [-0.25, -0.2) is 0 Å². The molecule has 0 heterocycles. The van der Waals surface area contributed by atoms with E-state index >= 15 is 0 Å². The second-order valence-electron chi connectivity index (χ2n) is 3.42. The zero-order valence-corrected chi connectivity index (χ0v) is 8.29. The van der Waals surface area contributed by atoms with Crippen molar-refractivity contribution in [2.45, 2.75) is 64.6 Å². The van der Waals surface area contributed by atoms with Crippen LogP contribution in [0.3, 0.4) is 0 Å². The summed E-state index contributed by atoms with van der Waals surface area (Å²) >= 11 is 0. The van der Waals surface area contributed by atoms with Gasteiger partial charge in [0.2, 0.25) is 0 Å². The predicted octanol–water partition coefficient (Wildman–Crippen LogP) is 2.09. The summed E-state index contributed by atoms with van der Waals surface area (Å²) < 4.78 is 0. The SMILES string of the molecule is CCCCCC(O)C(O)CCC. The zero-order chi connectivity index (χ0) is 9.40. The second-order valence-corrected chi connectivity index (χ2v) is 3.42. The lowest BCUT2D eigenvalue weighted by Crippen LogP contribution is -2.25. The normalized spacial score (nSPS) is 16.0. The van der Waals surface area contributed by atoms with Gasteiger partial charge in [-0.05, 0) is 12.8 Å². The van der Waals surface area contributed by atoms with Crippen LogP contribution in [0.15, 0.2) is 0 Å².